The van der Waals surface area contributed by atoms with Gasteiger partial charge in [-0.1, -0.05) is 13.3 Å². The fourth-order valence-electron chi connectivity index (χ4n) is 1.54. The molecule has 1 aromatic heterocycles. The van der Waals surface area contributed by atoms with Crippen molar-refractivity contribution in [2.24, 2.45) is 5.84 Å². The quantitative estimate of drug-likeness (QED) is 0.505. The first kappa shape index (κ1) is 14.7. The highest BCUT2D eigenvalue weighted by Crippen LogP contribution is 2.21. The van der Waals surface area contributed by atoms with E-state index in [1.165, 1.54) is 6.33 Å². The van der Waals surface area contributed by atoms with Crippen LogP contribution in [0, 0.1) is 0 Å². The molecule has 0 spiro atoms. The second-order valence-electron chi connectivity index (χ2n) is 4.76. The van der Waals surface area contributed by atoms with Crippen LogP contribution in [-0.4, -0.2) is 29.2 Å². The van der Waals surface area contributed by atoms with E-state index in [1.54, 1.807) is 7.11 Å². The number of methoxy groups -OCH3 is 1. The van der Waals surface area contributed by atoms with Gasteiger partial charge in [0.15, 0.2) is 0 Å². The Kier molecular flexibility index (Phi) is 5.30. The van der Waals surface area contributed by atoms with Crippen molar-refractivity contribution in [2.45, 2.75) is 39.2 Å². The average molecular weight is 253 g/mol. The number of nitrogens with two attached hydrogens (primary N) is 1. The number of rotatable bonds is 7. The SMILES string of the molecule is CCCc1c(NN)ncnc1NCC(C)(C)OC. The van der Waals surface area contributed by atoms with Crippen LogP contribution in [0.5, 0.6) is 0 Å². The van der Waals surface area contributed by atoms with Crippen LogP contribution in [0.25, 0.3) is 0 Å². The Bertz CT molecular complexity index is 381. The molecule has 6 nitrogen and oxygen atoms in total. The van der Waals surface area contributed by atoms with Crippen molar-refractivity contribution in [1.82, 2.24) is 9.97 Å². The Labute approximate surface area is 108 Å². The Morgan fingerprint density at radius 1 is 1.33 bits per heavy atom. The molecule has 1 rings (SSSR count). The maximum absolute atomic E-state index is 5.47. The van der Waals surface area contributed by atoms with Crippen LogP contribution in [0.1, 0.15) is 32.8 Å². The van der Waals surface area contributed by atoms with Crippen molar-refractivity contribution >= 4 is 11.6 Å². The van der Waals surface area contributed by atoms with Crippen molar-refractivity contribution in [3.8, 4) is 0 Å². The van der Waals surface area contributed by atoms with E-state index in [9.17, 15) is 0 Å². The maximum atomic E-state index is 5.47. The lowest BCUT2D eigenvalue weighted by Crippen LogP contribution is -2.32. The minimum atomic E-state index is -0.245. The largest absolute Gasteiger partial charge is 0.377 e. The highest BCUT2D eigenvalue weighted by atomic mass is 16.5. The zero-order chi connectivity index (χ0) is 13.6. The first-order valence-electron chi connectivity index (χ1n) is 6.13. The van der Waals surface area contributed by atoms with Crippen LogP contribution < -0.4 is 16.6 Å². The molecule has 0 fully saturated rings. The first-order chi connectivity index (χ1) is 8.54. The summed E-state index contributed by atoms with van der Waals surface area (Å²) in [6, 6.07) is 0. The van der Waals surface area contributed by atoms with Crippen molar-refractivity contribution in [3.05, 3.63) is 11.9 Å². The van der Waals surface area contributed by atoms with Crippen molar-refractivity contribution in [3.63, 3.8) is 0 Å². The van der Waals surface area contributed by atoms with E-state index in [2.05, 4.69) is 27.6 Å². The second kappa shape index (κ2) is 6.51. The predicted molar refractivity (Wildman–Crippen MR) is 73.4 cm³/mol. The number of aromatic nitrogens is 2. The van der Waals surface area contributed by atoms with Gasteiger partial charge in [0, 0.05) is 19.2 Å². The molecule has 0 saturated carbocycles. The molecule has 6 heteroatoms. The molecule has 18 heavy (non-hydrogen) atoms. The standard InChI is InChI=1S/C12H23N5O/c1-5-6-9-10(14-7-12(2,3)18-4)15-8-16-11(9)17-13/h8H,5-7,13H2,1-4H3,(H2,14,15,16,17). The van der Waals surface area contributed by atoms with Gasteiger partial charge in [-0.25, -0.2) is 15.8 Å². The highest BCUT2D eigenvalue weighted by molar-refractivity contribution is 5.57. The van der Waals surface area contributed by atoms with E-state index >= 15 is 0 Å². The number of hydrogen-bond acceptors (Lipinski definition) is 6. The minimum absolute atomic E-state index is 0.245. The lowest BCUT2D eigenvalue weighted by molar-refractivity contribution is 0.0343. The third-order valence-corrected chi connectivity index (χ3v) is 2.82. The summed E-state index contributed by atoms with van der Waals surface area (Å²) in [6.07, 6.45) is 3.37. The van der Waals surface area contributed by atoms with Gasteiger partial charge in [0.25, 0.3) is 0 Å². The van der Waals surface area contributed by atoms with Gasteiger partial charge in [0.05, 0.1) is 5.60 Å². The van der Waals surface area contributed by atoms with Gasteiger partial charge < -0.3 is 15.5 Å². The van der Waals surface area contributed by atoms with Crippen LogP contribution in [0.2, 0.25) is 0 Å². The van der Waals surface area contributed by atoms with Crippen LogP contribution in [-0.2, 0) is 11.2 Å². The molecule has 0 amide bonds. The molecule has 1 aromatic rings. The smallest absolute Gasteiger partial charge is 0.148 e. The van der Waals surface area contributed by atoms with Gasteiger partial charge in [0.2, 0.25) is 0 Å². The number of ether oxygens (including phenoxy) is 1. The summed E-state index contributed by atoms with van der Waals surface area (Å²) in [5.74, 6) is 6.95. The van der Waals surface area contributed by atoms with Gasteiger partial charge in [-0.15, -0.1) is 0 Å². The molecule has 0 aromatic carbocycles. The maximum Gasteiger partial charge on any atom is 0.148 e. The summed E-state index contributed by atoms with van der Waals surface area (Å²) in [4.78, 5) is 8.39. The van der Waals surface area contributed by atoms with E-state index in [1.807, 2.05) is 13.8 Å². The molecule has 0 bridgehead atoms. The molecule has 0 unspecified atom stereocenters. The number of nitrogens with zero attached hydrogens (tertiary/aromatic N) is 2. The summed E-state index contributed by atoms with van der Waals surface area (Å²) < 4.78 is 5.37. The molecule has 4 N–H and O–H groups in total. The Balaban J connectivity index is 2.87. The third-order valence-electron chi connectivity index (χ3n) is 2.82. The molecule has 0 aliphatic rings. The highest BCUT2D eigenvalue weighted by Gasteiger charge is 2.18. The van der Waals surface area contributed by atoms with Gasteiger partial charge in [-0.05, 0) is 20.3 Å². The lowest BCUT2D eigenvalue weighted by atomic mass is 10.1. The van der Waals surface area contributed by atoms with Crippen molar-refractivity contribution < 1.29 is 4.74 Å². The van der Waals surface area contributed by atoms with Crippen LogP contribution >= 0.6 is 0 Å². The normalized spacial score (nSPS) is 11.4. The van der Waals surface area contributed by atoms with E-state index in [4.69, 9.17) is 10.6 Å². The monoisotopic (exact) mass is 253 g/mol. The topological polar surface area (TPSA) is 85.1 Å². The molecule has 0 radical (unpaired) electrons. The van der Waals surface area contributed by atoms with Crippen LogP contribution in [0.4, 0.5) is 11.6 Å². The zero-order valence-corrected chi connectivity index (χ0v) is 11.6. The summed E-state index contributed by atoms with van der Waals surface area (Å²) in [6.45, 7) is 6.81. The van der Waals surface area contributed by atoms with Crippen LogP contribution in [0.15, 0.2) is 6.33 Å². The lowest BCUT2D eigenvalue weighted by Gasteiger charge is -2.24. The number of hydrazine groups is 1. The first-order valence-corrected chi connectivity index (χ1v) is 6.13. The fourth-order valence-corrected chi connectivity index (χ4v) is 1.54. The van der Waals surface area contributed by atoms with E-state index in [0.29, 0.717) is 12.4 Å². The summed E-state index contributed by atoms with van der Waals surface area (Å²) in [7, 11) is 1.70. The number of nitrogens with one attached hydrogen (secondary N) is 2. The number of nitrogen functional groups attached to an aromatic ring is 1. The molecule has 102 valence electrons. The Morgan fingerprint density at radius 3 is 2.56 bits per heavy atom. The fraction of sp³-hybridized carbons (Fsp3) is 0.667. The molecule has 0 aliphatic carbocycles. The van der Waals surface area contributed by atoms with Gasteiger partial charge in [-0.2, -0.15) is 0 Å². The van der Waals surface area contributed by atoms with Gasteiger partial charge >= 0.3 is 0 Å². The Morgan fingerprint density at radius 2 is 2.00 bits per heavy atom. The van der Waals surface area contributed by atoms with E-state index in [0.717, 1.165) is 24.2 Å². The Hall–Kier alpha value is -1.40. The predicted octanol–water partition coefficient (Wildman–Crippen LogP) is 1.55. The third kappa shape index (κ3) is 3.82. The van der Waals surface area contributed by atoms with Gasteiger partial charge in [-0.3, -0.25) is 0 Å². The van der Waals surface area contributed by atoms with Gasteiger partial charge in [0.1, 0.15) is 18.0 Å². The number of anilines is 2. The van der Waals surface area contributed by atoms with Crippen molar-refractivity contribution in [1.29, 1.82) is 0 Å². The minimum Gasteiger partial charge on any atom is -0.377 e. The average Bonchev–Trinajstić information content (AvgIpc) is 2.38. The molecular weight excluding hydrogens is 230 g/mol. The molecule has 0 atom stereocenters. The number of hydrogen-bond donors (Lipinski definition) is 3. The summed E-state index contributed by atoms with van der Waals surface area (Å²) in [5.41, 5.74) is 3.37. The zero-order valence-electron chi connectivity index (χ0n) is 11.6. The molecule has 0 saturated heterocycles. The van der Waals surface area contributed by atoms with E-state index in [-0.39, 0.29) is 5.60 Å². The molecule has 0 aliphatic heterocycles. The molecular formula is C12H23N5O. The molecule has 1 heterocycles. The van der Waals surface area contributed by atoms with Crippen LogP contribution in [0.3, 0.4) is 0 Å². The summed E-state index contributed by atoms with van der Waals surface area (Å²) >= 11 is 0. The van der Waals surface area contributed by atoms with E-state index < -0.39 is 0 Å². The second-order valence-corrected chi connectivity index (χ2v) is 4.76. The summed E-state index contributed by atoms with van der Waals surface area (Å²) in [5, 5.41) is 3.29. The van der Waals surface area contributed by atoms with Crippen molar-refractivity contribution in [2.75, 3.05) is 24.4 Å².